The van der Waals surface area contributed by atoms with Crippen molar-refractivity contribution in [2.75, 3.05) is 13.1 Å². The van der Waals surface area contributed by atoms with Crippen LogP contribution in [-0.4, -0.2) is 35.8 Å². The van der Waals surface area contributed by atoms with E-state index in [0.717, 1.165) is 13.0 Å². The van der Waals surface area contributed by atoms with Crippen LogP contribution in [0, 0.1) is 12.8 Å². The van der Waals surface area contributed by atoms with Crippen LogP contribution in [-0.2, 0) is 16.0 Å². The fourth-order valence-electron chi connectivity index (χ4n) is 2.80. The molecule has 0 radical (unpaired) electrons. The summed E-state index contributed by atoms with van der Waals surface area (Å²) in [4.78, 5) is 25.6. The summed E-state index contributed by atoms with van der Waals surface area (Å²) in [6, 6.07) is 8.52. The van der Waals surface area contributed by atoms with Crippen molar-refractivity contribution in [2.24, 2.45) is 5.92 Å². The lowest BCUT2D eigenvalue weighted by molar-refractivity contribution is -0.129. The molecule has 0 saturated carbocycles. The van der Waals surface area contributed by atoms with Crippen molar-refractivity contribution in [1.29, 1.82) is 0 Å². The van der Waals surface area contributed by atoms with Gasteiger partial charge in [0.1, 0.15) is 0 Å². The third kappa shape index (κ3) is 4.58. The van der Waals surface area contributed by atoms with Crippen LogP contribution >= 0.6 is 0 Å². The zero-order valence-corrected chi connectivity index (χ0v) is 13.8. The molecule has 0 bridgehead atoms. The van der Waals surface area contributed by atoms with E-state index in [1.807, 2.05) is 18.7 Å². The van der Waals surface area contributed by atoms with E-state index in [1.165, 1.54) is 11.1 Å². The van der Waals surface area contributed by atoms with Crippen LogP contribution in [0.15, 0.2) is 24.3 Å². The van der Waals surface area contributed by atoms with Gasteiger partial charge in [-0.1, -0.05) is 29.8 Å². The number of hydrogen-bond acceptors (Lipinski definition) is 2. The predicted octanol–water partition coefficient (Wildman–Crippen LogP) is 2.30. The van der Waals surface area contributed by atoms with E-state index in [4.69, 9.17) is 0 Å². The van der Waals surface area contributed by atoms with E-state index >= 15 is 0 Å². The molecule has 2 amide bonds. The van der Waals surface area contributed by atoms with Crippen LogP contribution in [0.25, 0.3) is 0 Å². The van der Waals surface area contributed by atoms with Gasteiger partial charge in [0.2, 0.25) is 11.8 Å². The molecule has 0 aliphatic carbocycles. The van der Waals surface area contributed by atoms with Crippen LogP contribution in [0.3, 0.4) is 0 Å². The molecule has 4 heteroatoms. The highest BCUT2D eigenvalue weighted by atomic mass is 16.2. The lowest BCUT2D eigenvalue weighted by Gasteiger charge is -2.21. The van der Waals surface area contributed by atoms with Crippen molar-refractivity contribution in [3.05, 3.63) is 35.4 Å². The maximum Gasteiger partial charge on any atom is 0.223 e. The highest BCUT2D eigenvalue weighted by molar-refractivity contribution is 5.79. The maximum absolute atomic E-state index is 11.9. The van der Waals surface area contributed by atoms with Gasteiger partial charge in [-0.3, -0.25) is 9.59 Å². The zero-order valence-electron chi connectivity index (χ0n) is 13.8. The van der Waals surface area contributed by atoms with Crippen molar-refractivity contribution in [3.63, 3.8) is 0 Å². The van der Waals surface area contributed by atoms with Crippen LogP contribution < -0.4 is 5.32 Å². The number of nitrogens with one attached hydrogen (secondary N) is 1. The summed E-state index contributed by atoms with van der Waals surface area (Å²) in [6.45, 7) is 7.47. The maximum atomic E-state index is 11.9. The van der Waals surface area contributed by atoms with Gasteiger partial charge in [-0.25, -0.2) is 0 Å². The van der Waals surface area contributed by atoms with Crippen LogP contribution in [0.5, 0.6) is 0 Å². The lowest BCUT2D eigenvalue weighted by Crippen LogP contribution is -2.34. The Hall–Kier alpha value is -1.84. The Morgan fingerprint density at radius 3 is 2.59 bits per heavy atom. The summed E-state index contributed by atoms with van der Waals surface area (Å²) in [5.74, 6) is 0.517. The van der Waals surface area contributed by atoms with Gasteiger partial charge in [-0.05, 0) is 32.8 Å². The van der Waals surface area contributed by atoms with Gasteiger partial charge in [0.05, 0.1) is 0 Å². The van der Waals surface area contributed by atoms with E-state index < -0.39 is 0 Å². The average molecular weight is 302 g/mol. The SMILES string of the molecule is Cc1ccc(CCC(=O)NCC2CC(=O)N(C(C)C)C2)cc1. The van der Waals surface area contributed by atoms with Gasteiger partial charge < -0.3 is 10.2 Å². The number of nitrogens with zero attached hydrogens (tertiary/aromatic N) is 1. The molecule has 1 aromatic carbocycles. The molecule has 1 saturated heterocycles. The van der Waals surface area contributed by atoms with Gasteiger partial charge in [0.15, 0.2) is 0 Å². The molecule has 1 aliphatic rings. The van der Waals surface area contributed by atoms with Crippen molar-refractivity contribution in [1.82, 2.24) is 10.2 Å². The smallest absolute Gasteiger partial charge is 0.223 e. The van der Waals surface area contributed by atoms with Crippen molar-refractivity contribution >= 4 is 11.8 Å². The Labute approximate surface area is 132 Å². The normalized spacial score (nSPS) is 18.1. The number of likely N-dealkylation sites (tertiary alicyclic amines) is 1. The highest BCUT2D eigenvalue weighted by Gasteiger charge is 2.30. The molecule has 1 fully saturated rings. The molecule has 0 aromatic heterocycles. The first-order valence-corrected chi connectivity index (χ1v) is 8.07. The van der Waals surface area contributed by atoms with Gasteiger partial charge in [-0.15, -0.1) is 0 Å². The lowest BCUT2D eigenvalue weighted by atomic mass is 10.1. The van der Waals surface area contributed by atoms with E-state index in [-0.39, 0.29) is 23.8 Å². The number of benzene rings is 1. The highest BCUT2D eigenvalue weighted by Crippen LogP contribution is 2.19. The van der Waals surface area contributed by atoms with E-state index in [2.05, 4.69) is 36.5 Å². The van der Waals surface area contributed by atoms with E-state index in [9.17, 15) is 9.59 Å². The summed E-state index contributed by atoms with van der Waals surface area (Å²) < 4.78 is 0. The molecular formula is C18H26N2O2. The Bertz CT molecular complexity index is 522. The number of hydrogen-bond donors (Lipinski definition) is 1. The fraction of sp³-hybridized carbons (Fsp3) is 0.556. The molecule has 1 N–H and O–H groups in total. The molecule has 1 unspecified atom stereocenters. The topological polar surface area (TPSA) is 49.4 Å². The fourth-order valence-corrected chi connectivity index (χ4v) is 2.80. The minimum atomic E-state index is 0.0658. The molecule has 4 nitrogen and oxygen atoms in total. The van der Waals surface area contributed by atoms with Crippen LogP contribution in [0.4, 0.5) is 0 Å². The number of aryl methyl sites for hydroxylation is 2. The van der Waals surface area contributed by atoms with Gasteiger partial charge in [-0.2, -0.15) is 0 Å². The first-order valence-electron chi connectivity index (χ1n) is 8.07. The molecule has 2 rings (SSSR count). The van der Waals surface area contributed by atoms with Crippen molar-refractivity contribution in [3.8, 4) is 0 Å². The third-order valence-electron chi connectivity index (χ3n) is 4.21. The minimum absolute atomic E-state index is 0.0658. The Balaban J connectivity index is 1.70. The second kappa shape index (κ2) is 7.43. The number of carbonyl (C=O) groups is 2. The summed E-state index contributed by atoms with van der Waals surface area (Å²) in [7, 11) is 0. The molecule has 1 atom stereocenters. The molecular weight excluding hydrogens is 276 g/mol. The molecule has 1 heterocycles. The predicted molar refractivity (Wildman–Crippen MR) is 87.5 cm³/mol. The minimum Gasteiger partial charge on any atom is -0.356 e. The van der Waals surface area contributed by atoms with Gasteiger partial charge >= 0.3 is 0 Å². The molecule has 120 valence electrons. The van der Waals surface area contributed by atoms with E-state index in [0.29, 0.717) is 19.4 Å². The van der Waals surface area contributed by atoms with E-state index in [1.54, 1.807) is 0 Å². The summed E-state index contributed by atoms with van der Waals surface area (Å²) in [5, 5.41) is 2.97. The summed E-state index contributed by atoms with van der Waals surface area (Å²) >= 11 is 0. The number of carbonyl (C=O) groups excluding carboxylic acids is 2. The number of amides is 2. The molecule has 1 aliphatic heterocycles. The third-order valence-corrected chi connectivity index (χ3v) is 4.21. The van der Waals surface area contributed by atoms with Gasteiger partial charge in [0, 0.05) is 37.9 Å². The Morgan fingerprint density at radius 1 is 1.32 bits per heavy atom. The van der Waals surface area contributed by atoms with Gasteiger partial charge in [0.25, 0.3) is 0 Å². The zero-order chi connectivity index (χ0) is 16.1. The Kier molecular flexibility index (Phi) is 5.58. The van der Waals surface area contributed by atoms with Crippen LogP contribution in [0.2, 0.25) is 0 Å². The Morgan fingerprint density at radius 2 is 2.00 bits per heavy atom. The first kappa shape index (κ1) is 16.5. The monoisotopic (exact) mass is 302 g/mol. The first-order chi connectivity index (χ1) is 10.5. The molecule has 22 heavy (non-hydrogen) atoms. The standard InChI is InChI=1S/C18H26N2O2/c1-13(2)20-12-16(10-18(20)22)11-19-17(21)9-8-15-6-4-14(3)5-7-15/h4-7,13,16H,8-12H2,1-3H3,(H,19,21). The van der Waals surface area contributed by atoms with Crippen molar-refractivity contribution < 1.29 is 9.59 Å². The van der Waals surface area contributed by atoms with Crippen LogP contribution in [0.1, 0.15) is 37.8 Å². The molecule has 1 aromatic rings. The largest absolute Gasteiger partial charge is 0.356 e. The van der Waals surface area contributed by atoms with Crippen molar-refractivity contribution in [2.45, 2.75) is 46.1 Å². The second-order valence-corrected chi connectivity index (χ2v) is 6.50. The molecule has 0 spiro atoms. The summed E-state index contributed by atoms with van der Waals surface area (Å²) in [6.07, 6.45) is 1.81. The average Bonchev–Trinajstić information content (AvgIpc) is 2.86. The quantitative estimate of drug-likeness (QED) is 0.876. The number of rotatable bonds is 6. The summed E-state index contributed by atoms with van der Waals surface area (Å²) in [5.41, 5.74) is 2.41. The second-order valence-electron chi connectivity index (χ2n) is 6.50.